The Balaban J connectivity index is 3.25. The number of rotatable bonds is 2. The third-order valence-corrected chi connectivity index (χ3v) is 2.37. The largest absolute Gasteiger partial charge is 0.309 e. The molecule has 0 aliphatic carbocycles. The highest BCUT2D eigenvalue weighted by Gasteiger charge is 1.88. The van der Waals surface area contributed by atoms with Crippen molar-refractivity contribution in [1.82, 2.24) is 0 Å². The molecule has 0 amide bonds. The molecule has 0 aliphatic heterocycles. The van der Waals surface area contributed by atoms with Gasteiger partial charge in [0.1, 0.15) is 0 Å². The zero-order valence-electron chi connectivity index (χ0n) is 7.37. The van der Waals surface area contributed by atoms with Gasteiger partial charge in [-0.25, -0.2) is 0 Å². The molecular weight excluding hydrogens is 166 g/mol. The molecule has 0 bridgehead atoms. The molecule has 1 N–H and O–H groups in total. The molecule has 2 heteroatoms. The van der Waals surface area contributed by atoms with Crippen LogP contribution in [0.4, 0.5) is 0 Å². The molecule has 1 aromatic heterocycles. The zero-order chi connectivity index (χ0) is 8.97. The van der Waals surface area contributed by atoms with E-state index in [0.717, 1.165) is 0 Å². The molecule has 1 heterocycles. The van der Waals surface area contributed by atoms with E-state index >= 15 is 0 Å². The predicted molar refractivity (Wildman–Crippen MR) is 56.1 cm³/mol. The highest BCUT2D eigenvalue weighted by molar-refractivity contribution is 7.07. The van der Waals surface area contributed by atoms with Crippen molar-refractivity contribution in [3.05, 3.63) is 21.2 Å². The van der Waals surface area contributed by atoms with Crippen LogP contribution in [0.5, 0.6) is 0 Å². The Morgan fingerprint density at radius 1 is 1.50 bits per heavy atom. The van der Waals surface area contributed by atoms with Gasteiger partial charge in [0.15, 0.2) is 0 Å². The Bertz CT molecular complexity index is 359. The first-order chi connectivity index (χ1) is 5.74. The summed E-state index contributed by atoms with van der Waals surface area (Å²) < 4.78 is 1.18. The number of thiophene rings is 1. The molecule has 64 valence electrons. The Labute approximate surface area is 76.6 Å². The standard InChI is InChI=1S/C10H13NS/c1-8(2)7-9-4-6-12-10(9)3-5-11/h3-8,11H,1-2H3/b9-7-,10-3+,11-5?. The maximum Gasteiger partial charge on any atom is 0.0354 e. The summed E-state index contributed by atoms with van der Waals surface area (Å²) in [5, 5.41) is 10.3. The average molecular weight is 179 g/mol. The van der Waals surface area contributed by atoms with Gasteiger partial charge in [-0.05, 0) is 28.7 Å². The molecule has 0 fully saturated rings. The molecule has 1 nitrogen and oxygen atoms in total. The highest BCUT2D eigenvalue weighted by Crippen LogP contribution is 1.91. The molecule has 0 saturated carbocycles. The van der Waals surface area contributed by atoms with Gasteiger partial charge in [0.25, 0.3) is 0 Å². The van der Waals surface area contributed by atoms with Crippen molar-refractivity contribution >= 4 is 29.7 Å². The Morgan fingerprint density at radius 2 is 2.25 bits per heavy atom. The average Bonchev–Trinajstić information content (AvgIpc) is 2.37. The second-order valence-electron chi connectivity index (χ2n) is 2.98. The van der Waals surface area contributed by atoms with Gasteiger partial charge in [-0.15, -0.1) is 11.3 Å². The van der Waals surface area contributed by atoms with E-state index in [4.69, 9.17) is 5.41 Å². The van der Waals surface area contributed by atoms with Crippen LogP contribution in [0, 0.1) is 11.3 Å². The van der Waals surface area contributed by atoms with E-state index in [1.54, 1.807) is 11.3 Å². The van der Waals surface area contributed by atoms with E-state index in [1.807, 2.05) is 6.08 Å². The van der Waals surface area contributed by atoms with E-state index in [1.165, 1.54) is 16.0 Å². The number of hydrogen-bond donors (Lipinski definition) is 1. The van der Waals surface area contributed by atoms with E-state index in [2.05, 4.69) is 31.4 Å². The van der Waals surface area contributed by atoms with Crippen LogP contribution in [0.1, 0.15) is 13.8 Å². The Hall–Kier alpha value is -0.890. The minimum absolute atomic E-state index is 0.567. The maximum atomic E-state index is 6.97. The third kappa shape index (κ3) is 2.31. The van der Waals surface area contributed by atoms with Crippen molar-refractivity contribution in [1.29, 1.82) is 5.41 Å². The smallest absolute Gasteiger partial charge is 0.0354 e. The van der Waals surface area contributed by atoms with Crippen molar-refractivity contribution in [2.24, 2.45) is 5.92 Å². The minimum atomic E-state index is 0.567. The molecule has 0 atom stereocenters. The summed E-state index contributed by atoms with van der Waals surface area (Å²) in [7, 11) is 0. The Kier molecular flexibility index (Phi) is 3.23. The zero-order valence-corrected chi connectivity index (χ0v) is 8.19. The molecule has 0 aliphatic rings. The van der Waals surface area contributed by atoms with E-state index in [-0.39, 0.29) is 0 Å². The summed E-state index contributed by atoms with van der Waals surface area (Å²) in [6.45, 7) is 4.32. The topological polar surface area (TPSA) is 23.9 Å². The van der Waals surface area contributed by atoms with Gasteiger partial charge in [0, 0.05) is 10.7 Å². The summed E-state index contributed by atoms with van der Waals surface area (Å²) in [6.07, 6.45) is 5.38. The number of hydrogen-bond acceptors (Lipinski definition) is 2. The predicted octanol–water partition coefficient (Wildman–Crippen LogP) is 1.61. The van der Waals surface area contributed by atoms with Gasteiger partial charge in [-0.1, -0.05) is 19.9 Å². The van der Waals surface area contributed by atoms with Crippen LogP contribution < -0.4 is 9.75 Å². The lowest BCUT2D eigenvalue weighted by Gasteiger charge is -1.89. The quantitative estimate of drug-likeness (QED) is 0.667. The molecule has 0 spiro atoms. The van der Waals surface area contributed by atoms with Crippen LogP contribution in [-0.4, -0.2) is 6.21 Å². The van der Waals surface area contributed by atoms with Crippen LogP contribution in [0.3, 0.4) is 0 Å². The molecular formula is C10H13NS. The third-order valence-electron chi connectivity index (χ3n) is 1.47. The lowest BCUT2D eigenvalue weighted by Crippen LogP contribution is -2.18. The maximum absolute atomic E-state index is 6.97. The normalized spacial score (nSPS) is 14.2. The molecule has 12 heavy (non-hydrogen) atoms. The van der Waals surface area contributed by atoms with Gasteiger partial charge in [0.2, 0.25) is 0 Å². The van der Waals surface area contributed by atoms with Crippen molar-refractivity contribution < 1.29 is 0 Å². The van der Waals surface area contributed by atoms with Crippen LogP contribution in [0.25, 0.3) is 12.2 Å². The van der Waals surface area contributed by atoms with Gasteiger partial charge in [0.05, 0.1) is 0 Å². The van der Waals surface area contributed by atoms with Gasteiger partial charge in [-0.2, -0.15) is 0 Å². The Morgan fingerprint density at radius 3 is 2.83 bits per heavy atom. The fraction of sp³-hybridized carbons (Fsp3) is 0.300. The van der Waals surface area contributed by atoms with Crippen molar-refractivity contribution in [3.8, 4) is 0 Å². The van der Waals surface area contributed by atoms with Gasteiger partial charge >= 0.3 is 0 Å². The summed E-state index contributed by atoms with van der Waals surface area (Å²) >= 11 is 1.68. The first-order valence-electron chi connectivity index (χ1n) is 4.00. The molecule has 0 saturated heterocycles. The first-order valence-corrected chi connectivity index (χ1v) is 4.88. The summed E-state index contributed by atoms with van der Waals surface area (Å²) in [6, 6.07) is 2.10. The monoisotopic (exact) mass is 179 g/mol. The van der Waals surface area contributed by atoms with Crippen LogP contribution in [-0.2, 0) is 0 Å². The lowest BCUT2D eigenvalue weighted by atomic mass is 10.2. The summed E-state index contributed by atoms with van der Waals surface area (Å²) in [5.41, 5.74) is 0. The lowest BCUT2D eigenvalue weighted by molar-refractivity contribution is 0.881. The second kappa shape index (κ2) is 4.21. The first kappa shape index (κ1) is 9.20. The van der Waals surface area contributed by atoms with Crippen molar-refractivity contribution in [2.45, 2.75) is 13.8 Å². The minimum Gasteiger partial charge on any atom is -0.309 e. The van der Waals surface area contributed by atoms with Gasteiger partial charge < -0.3 is 5.41 Å². The fourth-order valence-electron chi connectivity index (χ4n) is 1.04. The van der Waals surface area contributed by atoms with E-state index in [0.29, 0.717) is 5.92 Å². The molecule has 1 aromatic rings. The summed E-state index contributed by atoms with van der Waals surface area (Å²) in [4.78, 5) is 0. The van der Waals surface area contributed by atoms with E-state index < -0.39 is 0 Å². The van der Waals surface area contributed by atoms with Crippen LogP contribution in [0.15, 0.2) is 11.4 Å². The van der Waals surface area contributed by atoms with Crippen LogP contribution >= 0.6 is 11.3 Å². The molecule has 1 rings (SSSR count). The molecule has 0 unspecified atom stereocenters. The van der Waals surface area contributed by atoms with Crippen molar-refractivity contribution in [2.75, 3.05) is 0 Å². The van der Waals surface area contributed by atoms with Crippen molar-refractivity contribution in [3.63, 3.8) is 0 Å². The second-order valence-corrected chi connectivity index (χ2v) is 3.93. The van der Waals surface area contributed by atoms with E-state index in [9.17, 15) is 0 Å². The number of nitrogens with one attached hydrogen (secondary N) is 1. The molecule has 0 aromatic carbocycles. The SMILES string of the molecule is CC(C)/C=c1/ccs/c1=C/C=N. The highest BCUT2D eigenvalue weighted by atomic mass is 32.1. The summed E-state index contributed by atoms with van der Waals surface area (Å²) in [5.74, 6) is 0.567. The fourth-order valence-corrected chi connectivity index (χ4v) is 1.82. The van der Waals surface area contributed by atoms with Crippen LogP contribution in [0.2, 0.25) is 0 Å². The molecule has 0 radical (unpaired) electrons. The van der Waals surface area contributed by atoms with Gasteiger partial charge in [-0.3, -0.25) is 0 Å².